The van der Waals surface area contributed by atoms with Gasteiger partial charge in [0.25, 0.3) is 5.91 Å². The highest BCUT2D eigenvalue weighted by molar-refractivity contribution is 5.97. The first-order valence-electron chi connectivity index (χ1n) is 7.66. The molecule has 0 aromatic carbocycles. The maximum atomic E-state index is 13.0. The number of rotatable bonds is 4. The van der Waals surface area contributed by atoms with Crippen molar-refractivity contribution in [3.05, 3.63) is 29.7 Å². The minimum absolute atomic E-state index is 0.285. The minimum Gasteiger partial charge on any atom is -0.493 e. The number of aryl methyl sites for hydroxylation is 1. The molecule has 122 valence electrons. The molecule has 7 nitrogen and oxygen atoms in total. The third-order valence-electron chi connectivity index (χ3n) is 4.24. The highest BCUT2D eigenvalue weighted by Gasteiger charge is 2.36. The van der Waals surface area contributed by atoms with Crippen molar-refractivity contribution in [1.82, 2.24) is 14.3 Å². The molecule has 1 fully saturated rings. The van der Waals surface area contributed by atoms with Crippen molar-refractivity contribution >= 4 is 17.5 Å². The van der Waals surface area contributed by atoms with Crippen LogP contribution in [0.3, 0.4) is 0 Å². The largest absolute Gasteiger partial charge is 0.493 e. The lowest BCUT2D eigenvalue weighted by atomic mass is 10.2. The standard InChI is InChI=1S/C16H19N3O4/c1-3-10-13(15(20)18-8-4-6-11(18)16(21)22)19-9-5-7-12(23-2)14(19)17-10/h5,7,9,11H,3-4,6,8H2,1-2H3,(H,21,22). The van der Waals surface area contributed by atoms with Crippen LogP contribution in [-0.2, 0) is 11.2 Å². The van der Waals surface area contributed by atoms with Gasteiger partial charge in [-0.1, -0.05) is 6.92 Å². The van der Waals surface area contributed by atoms with Gasteiger partial charge in [-0.3, -0.25) is 9.20 Å². The van der Waals surface area contributed by atoms with E-state index < -0.39 is 12.0 Å². The molecular formula is C16H19N3O4. The topological polar surface area (TPSA) is 84.1 Å². The molecule has 1 saturated heterocycles. The molecule has 0 bridgehead atoms. The van der Waals surface area contributed by atoms with Gasteiger partial charge in [0.2, 0.25) is 0 Å². The molecule has 1 N–H and O–H groups in total. The number of ether oxygens (including phenoxy) is 1. The van der Waals surface area contributed by atoms with E-state index in [-0.39, 0.29) is 5.91 Å². The Labute approximate surface area is 133 Å². The summed E-state index contributed by atoms with van der Waals surface area (Å²) in [5.74, 6) is -0.662. The number of hydrogen-bond acceptors (Lipinski definition) is 4. The predicted molar refractivity (Wildman–Crippen MR) is 82.8 cm³/mol. The Bertz CT molecular complexity index is 768. The van der Waals surface area contributed by atoms with E-state index >= 15 is 0 Å². The SMILES string of the molecule is CCc1nc2c(OC)cccn2c1C(=O)N1CCCC1C(=O)O. The van der Waals surface area contributed by atoms with Crippen molar-refractivity contribution < 1.29 is 19.4 Å². The molecule has 1 aliphatic rings. The summed E-state index contributed by atoms with van der Waals surface area (Å²) >= 11 is 0. The third-order valence-corrected chi connectivity index (χ3v) is 4.24. The fraction of sp³-hybridized carbons (Fsp3) is 0.438. The molecule has 1 aliphatic heterocycles. The summed E-state index contributed by atoms with van der Waals surface area (Å²) < 4.78 is 6.99. The first kappa shape index (κ1) is 15.3. The number of carbonyl (C=O) groups excluding carboxylic acids is 1. The Morgan fingerprint density at radius 3 is 2.91 bits per heavy atom. The average Bonchev–Trinajstić information content (AvgIpc) is 3.17. The van der Waals surface area contributed by atoms with Crippen LogP contribution in [0.5, 0.6) is 5.75 Å². The van der Waals surface area contributed by atoms with Gasteiger partial charge in [-0.15, -0.1) is 0 Å². The fourth-order valence-electron chi connectivity index (χ4n) is 3.12. The van der Waals surface area contributed by atoms with Crippen molar-refractivity contribution in [2.24, 2.45) is 0 Å². The van der Waals surface area contributed by atoms with Crippen LogP contribution >= 0.6 is 0 Å². The Morgan fingerprint density at radius 1 is 1.48 bits per heavy atom. The number of aliphatic carboxylic acids is 1. The number of nitrogens with zero attached hydrogens (tertiary/aromatic N) is 3. The number of amides is 1. The molecule has 2 aromatic rings. The average molecular weight is 317 g/mol. The molecule has 0 radical (unpaired) electrons. The Hall–Kier alpha value is -2.57. The number of carboxylic acid groups (broad SMARTS) is 1. The van der Waals surface area contributed by atoms with Crippen molar-refractivity contribution in [3.8, 4) is 5.75 Å². The smallest absolute Gasteiger partial charge is 0.326 e. The zero-order valence-electron chi connectivity index (χ0n) is 13.2. The van der Waals surface area contributed by atoms with E-state index in [2.05, 4.69) is 4.98 Å². The maximum Gasteiger partial charge on any atom is 0.326 e. The van der Waals surface area contributed by atoms with Crippen molar-refractivity contribution in [2.75, 3.05) is 13.7 Å². The van der Waals surface area contributed by atoms with E-state index in [1.165, 1.54) is 4.90 Å². The van der Waals surface area contributed by atoms with Crippen molar-refractivity contribution in [1.29, 1.82) is 0 Å². The summed E-state index contributed by atoms with van der Waals surface area (Å²) in [6.45, 7) is 2.37. The lowest BCUT2D eigenvalue weighted by Gasteiger charge is -2.21. The first-order chi connectivity index (χ1) is 11.1. The molecule has 0 spiro atoms. The summed E-state index contributed by atoms with van der Waals surface area (Å²) in [4.78, 5) is 30.3. The summed E-state index contributed by atoms with van der Waals surface area (Å²) in [5, 5.41) is 9.32. The van der Waals surface area contributed by atoms with Gasteiger partial charge in [-0.25, -0.2) is 9.78 Å². The van der Waals surface area contributed by atoms with Crippen molar-refractivity contribution in [3.63, 3.8) is 0 Å². The van der Waals surface area contributed by atoms with Gasteiger partial charge >= 0.3 is 5.97 Å². The molecule has 3 rings (SSSR count). The highest BCUT2D eigenvalue weighted by atomic mass is 16.5. The number of aromatic nitrogens is 2. The Kier molecular flexibility index (Phi) is 3.94. The van der Waals surface area contributed by atoms with Gasteiger partial charge in [-0.05, 0) is 31.4 Å². The van der Waals surface area contributed by atoms with E-state index in [9.17, 15) is 14.7 Å². The lowest BCUT2D eigenvalue weighted by molar-refractivity contribution is -0.141. The Balaban J connectivity index is 2.11. The van der Waals surface area contributed by atoms with Crippen LogP contribution in [0.15, 0.2) is 18.3 Å². The Morgan fingerprint density at radius 2 is 2.26 bits per heavy atom. The quantitative estimate of drug-likeness (QED) is 0.926. The molecule has 0 aliphatic carbocycles. The third kappa shape index (κ3) is 2.42. The maximum absolute atomic E-state index is 13.0. The first-order valence-corrected chi connectivity index (χ1v) is 7.66. The van der Waals surface area contributed by atoms with Crippen LogP contribution in [0.25, 0.3) is 5.65 Å². The summed E-state index contributed by atoms with van der Waals surface area (Å²) in [6.07, 6.45) is 3.52. The fourth-order valence-corrected chi connectivity index (χ4v) is 3.12. The second-order valence-corrected chi connectivity index (χ2v) is 5.53. The van der Waals surface area contributed by atoms with Crippen LogP contribution in [0.2, 0.25) is 0 Å². The number of methoxy groups -OCH3 is 1. The second-order valence-electron chi connectivity index (χ2n) is 5.53. The molecule has 2 aromatic heterocycles. The monoisotopic (exact) mass is 317 g/mol. The highest BCUT2D eigenvalue weighted by Crippen LogP contribution is 2.26. The van der Waals surface area contributed by atoms with E-state index in [0.29, 0.717) is 48.6 Å². The number of carbonyl (C=O) groups is 2. The van der Waals surface area contributed by atoms with Gasteiger partial charge in [0.05, 0.1) is 12.8 Å². The van der Waals surface area contributed by atoms with Crippen LogP contribution in [-0.4, -0.2) is 51.0 Å². The number of hydrogen-bond donors (Lipinski definition) is 1. The van der Waals surface area contributed by atoms with Gasteiger partial charge in [0.15, 0.2) is 11.4 Å². The predicted octanol–water partition coefficient (Wildman–Crippen LogP) is 1.59. The molecule has 1 atom stereocenters. The van der Waals surface area contributed by atoms with Crippen LogP contribution < -0.4 is 4.74 Å². The molecule has 1 unspecified atom stereocenters. The van der Waals surface area contributed by atoms with Gasteiger partial charge < -0.3 is 14.7 Å². The van der Waals surface area contributed by atoms with Crippen LogP contribution in [0, 0.1) is 0 Å². The second kappa shape index (κ2) is 5.91. The zero-order valence-corrected chi connectivity index (χ0v) is 13.2. The number of fused-ring (bicyclic) bond motifs is 1. The summed E-state index contributed by atoms with van der Waals surface area (Å²) in [7, 11) is 1.55. The minimum atomic E-state index is -0.958. The van der Waals surface area contributed by atoms with Gasteiger partial charge in [0, 0.05) is 12.7 Å². The van der Waals surface area contributed by atoms with Crippen molar-refractivity contribution in [2.45, 2.75) is 32.2 Å². The molecule has 0 saturated carbocycles. The van der Waals surface area contributed by atoms with Crippen LogP contribution in [0.4, 0.5) is 0 Å². The molecular weight excluding hydrogens is 298 g/mol. The number of imidazole rings is 1. The number of likely N-dealkylation sites (tertiary alicyclic amines) is 1. The molecule has 1 amide bonds. The summed E-state index contributed by atoms with van der Waals surface area (Å²) in [5.41, 5.74) is 1.64. The van der Waals surface area contributed by atoms with E-state index in [1.54, 1.807) is 29.8 Å². The molecule has 23 heavy (non-hydrogen) atoms. The van der Waals surface area contributed by atoms with Gasteiger partial charge in [0.1, 0.15) is 11.7 Å². The normalized spacial score (nSPS) is 17.7. The van der Waals surface area contributed by atoms with Crippen LogP contribution in [0.1, 0.15) is 35.9 Å². The lowest BCUT2D eigenvalue weighted by Crippen LogP contribution is -2.41. The summed E-state index contributed by atoms with van der Waals surface area (Å²) in [6, 6.07) is 2.80. The number of carboxylic acids is 1. The van der Waals surface area contributed by atoms with E-state index in [4.69, 9.17) is 4.74 Å². The van der Waals surface area contributed by atoms with E-state index in [1.807, 2.05) is 6.92 Å². The van der Waals surface area contributed by atoms with E-state index in [0.717, 1.165) is 0 Å². The molecule has 7 heteroatoms. The zero-order chi connectivity index (χ0) is 16.6. The van der Waals surface area contributed by atoms with Gasteiger partial charge in [-0.2, -0.15) is 0 Å². The number of pyridine rings is 1. The molecule has 3 heterocycles.